The van der Waals surface area contributed by atoms with Crippen LogP contribution in [0, 0.1) is 13.8 Å². The lowest BCUT2D eigenvalue weighted by Gasteiger charge is -2.11. The number of nitrogens with zero attached hydrogens (tertiary/aromatic N) is 2. The van der Waals surface area contributed by atoms with Crippen molar-refractivity contribution in [3.05, 3.63) is 50.4 Å². The van der Waals surface area contributed by atoms with Crippen LogP contribution in [0.15, 0.2) is 29.3 Å². The molecule has 0 spiro atoms. The van der Waals surface area contributed by atoms with E-state index in [4.69, 9.17) is 11.6 Å². The lowest BCUT2D eigenvalue weighted by molar-refractivity contribution is 0.0954. The molecule has 0 atom stereocenters. The fourth-order valence-corrected chi connectivity index (χ4v) is 3.14. The molecule has 0 aliphatic carbocycles. The number of guanidine groups is 1. The Morgan fingerprint density at radius 1 is 1.15 bits per heavy atom. The van der Waals surface area contributed by atoms with Gasteiger partial charge < -0.3 is 16.0 Å². The van der Waals surface area contributed by atoms with Gasteiger partial charge in [0.1, 0.15) is 5.01 Å². The molecule has 140 valence electrons. The second-order valence-electron chi connectivity index (χ2n) is 5.63. The highest BCUT2D eigenvalue weighted by molar-refractivity contribution is 7.11. The molecule has 1 heterocycles. The van der Waals surface area contributed by atoms with E-state index in [0.29, 0.717) is 36.2 Å². The number of carbonyl (C=O) groups is 1. The molecule has 1 aromatic carbocycles. The number of amides is 1. The fraction of sp³-hybridized carbons (Fsp3) is 0.389. The predicted molar refractivity (Wildman–Crippen MR) is 108 cm³/mol. The molecule has 26 heavy (non-hydrogen) atoms. The van der Waals surface area contributed by atoms with Crippen molar-refractivity contribution in [2.45, 2.75) is 27.3 Å². The summed E-state index contributed by atoms with van der Waals surface area (Å²) >= 11 is 7.49. The number of halogens is 1. The van der Waals surface area contributed by atoms with Crippen LogP contribution in [-0.2, 0) is 6.54 Å². The number of hydrogen-bond donors (Lipinski definition) is 3. The Hall–Kier alpha value is -2.12. The summed E-state index contributed by atoms with van der Waals surface area (Å²) < 4.78 is 0. The van der Waals surface area contributed by atoms with E-state index >= 15 is 0 Å². The van der Waals surface area contributed by atoms with Crippen molar-refractivity contribution in [1.82, 2.24) is 20.9 Å². The van der Waals surface area contributed by atoms with Crippen LogP contribution in [-0.4, -0.2) is 36.5 Å². The second kappa shape index (κ2) is 10.1. The van der Waals surface area contributed by atoms with E-state index in [1.165, 1.54) is 4.88 Å². The van der Waals surface area contributed by atoms with Crippen LogP contribution >= 0.6 is 22.9 Å². The van der Waals surface area contributed by atoms with E-state index in [-0.39, 0.29) is 5.91 Å². The number of aryl methyl sites for hydroxylation is 2. The summed E-state index contributed by atoms with van der Waals surface area (Å²) in [5.41, 5.74) is 1.65. The Bertz CT molecular complexity index is 738. The van der Waals surface area contributed by atoms with E-state index in [1.54, 1.807) is 35.6 Å². The van der Waals surface area contributed by atoms with Crippen molar-refractivity contribution in [1.29, 1.82) is 0 Å². The van der Waals surface area contributed by atoms with Crippen molar-refractivity contribution in [2.75, 3.05) is 19.6 Å². The van der Waals surface area contributed by atoms with Gasteiger partial charge >= 0.3 is 0 Å². The molecule has 0 radical (unpaired) electrons. The summed E-state index contributed by atoms with van der Waals surface area (Å²) in [7, 11) is 0. The van der Waals surface area contributed by atoms with Gasteiger partial charge in [0.05, 0.1) is 12.2 Å². The molecule has 0 unspecified atom stereocenters. The maximum absolute atomic E-state index is 12.0. The van der Waals surface area contributed by atoms with Crippen LogP contribution in [0.3, 0.4) is 0 Å². The fourth-order valence-electron chi connectivity index (χ4n) is 2.16. The Labute approximate surface area is 163 Å². The van der Waals surface area contributed by atoms with Crippen LogP contribution in [0.2, 0.25) is 5.02 Å². The molecule has 3 N–H and O–H groups in total. The Kier molecular flexibility index (Phi) is 7.87. The number of benzene rings is 1. The molecular formula is C18H24ClN5OS. The minimum atomic E-state index is -0.126. The van der Waals surface area contributed by atoms with Gasteiger partial charge in [-0.25, -0.2) is 9.98 Å². The Morgan fingerprint density at radius 3 is 2.46 bits per heavy atom. The molecule has 0 saturated carbocycles. The van der Waals surface area contributed by atoms with Gasteiger partial charge in [0.2, 0.25) is 0 Å². The van der Waals surface area contributed by atoms with E-state index in [1.807, 2.05) is 13.8 Å². The van der Waals surface area contributed by atoms with Crippen LogP contribution in [0.5, 0.6) is 0 Å². The molecule has 0 bridgehead atoms. The molecule has 0 aliphatic heterocycles. The average molecular weight is 394 g/mol. The van der Waals surface area contributed by atoms with E-state index in [2.05, 4.69) is 32.9 Å². The maximum atomic E-state index is 12.0. The highest BCUT2D eigenvalue weighted by Crippen LogP contribution is 2.16. The number of thiazole rings is 1. The zero-order chi connectivity index (χ0) is 18.9. The van der Waals surface area contributed by atoms with Crippen LogP contribution in [0.4, 0.5) is 0 Å². The quantitative estimate of drug-likeness (QED) is 0.384. The van der Waals surface area contributed by atoms with Gasteiger partial charge in [-0.1, -0.05) is 11.6 Å². The molecule has 8 heteroatoms. The van der Waals surface area contributed by atoms with Crippen LogP contribution < -0.4 is 16.0 Å². The Morgan fingerprint density at radius 2 is 1.85 bits per heavy atom. The largest absolute Gasteiger partial charge is 0.357 e. The SMILES string of the molecule is CCNC(=NCc1nc(C)c(C)s1)NCCNC(=O)c1ccc(Cl)cc1. The van der Waals surface area contributed by atoms with Gasteiger partial charge in [0.15, 0.2) is 5.96 Å². The number of rotatable bonds is 7. The Balaban J connectivity index is 1.79. The lowest BCUT2D eigenvalue weighted by Crippen LogP contribution is -2.41. The topological polar surface area (TPSA) is 78.4 Å². The maximum Gasteiger partial charge on any atom is 0.251 e. The standard InChI is InChI=1S/C18H24ClN5OS/c1-4-20-18(23-11-16-24-12(2)13(3)26-16)22-10-9-21-17(25)14-5-7-15(19)8-6-14/h5-8H,4,9-11H2,1-3H3,(H,21,25)(H2,20,22,23). The number of carbonyl (C=O) groups excluding carboxylic acids is 1. The molecule has 1 aromatic heterocycles. The number of aliphatic imine (C=N–C) groups is 1. The molecule has 1 amide bonds. The third-order valence-corrected chi connectivity index (χ3v) is 4.91. The summed E-state index contributed by atoms with van der Waals surface area (Å²) in [6.45, 7) is 8.43. The minimum absolute atomic E-state index is 0.126. The highest BCUT2D eigenvalue weighted by Gasteiger charge is 2.06. The molecule has 0 aliphatic rings. The first-order valence-corrected chi connectivity index (χ1v) is 9.68. The zero-order valence-electron chi connectivity index (χ0n) is 15.2. The molecule has 6 nitrogen and oxygen atoms in total. The molecule has 2 aromatic rings. The molecular weight excluding hydrogens is 370 g/mol. The average Bonchev–Trinajstić information content (AvgIpc) is 2.94. The molecule has 2 rings (SSSR count). The van der Waals surface area contributed by atoms with Gasteiger partial charge in [0, 0.05) is 35.1 Å². The van der Waals surface area contributed by atoms with E-state index in [9.17, 15) is 4.79 Å². The summed E-state index contributed by atoms with van der Waals surface area (Å²) in [5, 5.41) is 10.9. The zero-order valence-corrected chi connectivity index (χ0v) is 16.8. The van der Waals surface area contributed by atoms with Gasteiger partial charge in [-0.15, -0.1) is 11.3 Å². The van der Waals surface area contributed by atoms with Crippen molar-refractivity contribution in [3.63, 3.8) is 0 Å². The minimum Gasteiger partial charge on any atom is -0.357 e. The molecule has 0 saturated heterocycles. The monoisotopic (exact) mass is 393 g/mol. The molecule has 0 fully saturated rings. The van der Waals surface area contributed by atoms with Crippen LogP contribution in [0.25, 0.3) is 0 Å². The summed E-state index contributed by atoms with van der Waals surface area (Å²) in [6.07, 6.45) is 0. The normalized spacial score (nSPS) is 11.3. The van der Waals surface area contributed by atoms with E-state index in [0.717, 1.165) is 17.2 Å². The van der Waals surface area contributed by atoms with Gasteiger partial charge in [-0.3, -0.25) is 4.79 Å². The third kappa shape index (κ3) is 6.31. The van der Waals surface area contributed by atoms with Gasteiger partial charge in [0.25, 0.3) is 5.91 Å². The summed E-state index contributed by atoms with van der Waals surface area (Å²) in [5.74, 6) is 0.581. The summed E-state index contributed by atoms with van der Waals surface area (Å²) in [4.78, 5) is 22.3. The van der Waals surface area contributed by atoms with Crippen molar-refractivity contribution in [2.24, 2.45) is 4.99 Å². The third-order valence-electron chi connectivity index (χ3n) is 3.60. The lowest BCUT2D eigenvalue weighted by atomic mass is 10.2. The number of aromatic nitrogens is 1. The first kappa shape index (κ1) is 20.2. The van der Waals surface area contributed by atoms with Gasteiger partial charge in [-0.2, -0.15) is 0 Å². The number of hydrogen-bond acceptors (Lipinski definition) is 4. The predicted octanol–water partition coefficient (Wildman–Crippen LogP) is 2.90. The highest BCUT2D eigenvalue weighted by atomic mass is 35.5. The smallest absolute Gasteiger partial charge is 0.251 e. The first-order chi connectivity index (χ1) is 12.5. The van der Waals surface area contributed by atoms with Crippen molar-refractivity contribution >= 4 is 34.8 Å². The summed E-state index contributed by atoms with van der Waals surface area (Å²) in [6, 6.07) is 6.81. The van der Waals surface area contributed by atoms with Crippen LogP contribution in [0.1, 0.15) is 32.9 Å². The van der Waals surface area contributed by atoms with E-state index < -0.39 is 0 Å². The van der Waals surface area contributed by atoms with Crippen molar-refractivity contribution < 1.29 is 4.79 Å². The number of nitrogens with one attached hydrogen (secondary N) is 3. The first-order valence-electron chi connectivity index (χ1n) is 8.48. The second-order valence-corrected chi connectivity index (χ2v) is 7.36. The van der Waals surface area contributed by atoms with Crippen molar-refractivity contribution in [3.8, 4) is 0 Å². The van der Waals surface area contributed by atoms with Gasteiger partial charge in [-0.05, 0) is 45.0 Å².